The highest BCUT2D eigenvalue weighted by Gasteiger charge is 2.51. The van der Waals surface area contributed by atoms with Crippen LogP contribution < -0.4 is 5.73 Å². The Labute approximate surface area is 169 Å². The molecule has 0 unspecified atom stereocenters. The van der Waals surface area contributed by atoms with Crippen LogP contribution in [0.5, 0.6) is 0 Å². The van der Waals surface area contributed by atoms with Crippen molar-refractivity contribution >= 4 is 15.7 Å². The van der Waals surface area contributed by atoms with Gasteiger partial charge in [0.15, 0.2) is 9.84 Å². The standard InChI is InChI=1S/C19H16F5N2O3S/c20-12-1-3-15(21)14(9-12)18(7-5-11(6-8-18)17(25)27)30(28,29)13-2-4-16(26-10-13)19(22,23)24/h1-4,9-11,25H,5-8H2. The van der Waals surface area contributed by atoms with Crippen LogP contribution in [-0.2, 0) is 25.6 Å². The van der Waals surface area contributed by atoms with Crippen molar-refractivity contribution in [1.29, 1.82) is 0 Å². The van der Waals surface area contributed by atoms with Gasteiger partial charge in [-0.3, -0.25) is 15.5 Å². The minimum Gasteiger partial charge on any atom is -0.273 e. The second kappa shape index (κ2) is 7.60. The number of nitrogens with zero attached hydrogens (tertiary/aromatic N) is 1. The zero-order chi connectivity index (χ0) is 22.3. The molecule has 1 fully saturated rings. The summed E-state index contributed by atoms with van der Waals surface area (Å²) in [5.74, 6) is -3.52. The van der Waals surface area contributed by atoms with Crippen molar-refractivity contribution in [2.24, 2.45) is 5.92 Å². The van der Waals surface area contributed by atoms with Gasteiger partial charge in [-0.25, -0.2) is 17.2 Å². The molecule has 0 saturated heterocycles. The number of hydrogen-bond acceptors (Lipinski definition) is 4. The molecule has 161 valence electrons. The molecule has 1 aromatic heterocycles. The van der Waals surface area contributed by atoms with Crippen LogP contribution in [-0.4, -0.2) is 19.3 Å². The van der Waals surface area contributed by atoms with Crippen LogP contribution in [0.2, 0.25) is 0 Å². The lowest BCUT2D eigenvalue weighted by atomic mass is 9.77. The molecule has 2 aromatic rings. The Morgan fingerprint density at radius 2 is 1.73 bits per heavy atom. The van der Waals surface area contributed by atoms with Crippen molar-refractivity contribution in [3.05, 3.63) is 59.4 Å². The zero-order valence-electron chi connectivity index (χ0n) is 15.3. The van der Waals surface area contributed by atoms with Gasteiger partial charge >= 0.3 is 6.18 Å². The van der Waals surface area contributed by atoms with Gasteiger partial charge in [-0.05, 0) is 56.0 Å². The molecule has 0 aliphatic heterocycles. The zero-order valence-corrected chi connectivity index (χ0v) is 16.2. The van der Waals surface area contributed by atoms with Gasteiger partial charge in [0, 0.05) is 17.7 Å². The van der Waals surface area contributed by atoms with Gasteiger partial charge in [-0.2, -0.15) is 13.2 Å². The SMILES string of the molecule is [NH]C(=O)C1CCC(c2cc(F)ccc2F)(S(=O)(=O)c2ccc(C(F)(F)F)nc2)CC1. The monoisotopic (exact) mass is 447 g/mol. The molecule has 1 aliphatic rings. The van der Waals surface area contributed by atoms with E-state index in [1.807, 2.05) is 0 Å². The van der Waals surface area contributed by atoms with Crippen LogP contribution in [0.3, 0.4) is 0 Å². The molecular formula is C19H16F5N2O3S. The summed E-state index contributed by atoms with van der Waals surface area (Å²) in [5.41, 5.74) is 5.49. The van der Waals surface area contributed by atoms with Gasteiger partial charge in [0.2, 0.25) is 5.91 Å². The smallest absolute Gasteiger partial charge is 0.273 e. The minimum absolute atomic E-state index is 0.0639. The number of amides is 1. The summed E-state index contributed by atoms with van der Waals surface area (Å²) in [6, 6.07) is 3.56. The van der Waals surface area contributed by atoms with Gasteiger partial charge in [-0.1, -0.05) is 0 Å². The second-order valence-electron chi connectivity index (χ2n) is 7.14. The second-order valence-corrected chi connectivity index (χ2v) is 9.40. The maximum Gasteiger partial charge on any atom is 0.433 e. The molecule has 0 spiro atoms. The van der Waals surface area contributed by atoms with Crippen molar-refractivity contribution in [2.45, 2.75) is 41.5 Å². The van der Waals surface area contributed by atoms with E-state index in [-0.39, 0.29) is 25.7 Å². The number of halogens is 5. The molecular weight excluding hydrogens is 431 g/mol. The first-order chi connectivity index (χ1) is 13.9. The maximum absolute atomic E-state index is 14.6. The summed E-state index contributed by atoms with van der Waals surface area (Å²) in [5, 5.41) is 0. The highest BCUT2D eigenvalue weighted by molar-refractivity contribution is 7.92. The molecule has 30 heavy (non-hydrogen) atoms. The van der Waals surface area contributed by atoms with Crippen LogP contribution in [0, 0.1) is 17.6 Å². The van der Waals surface area contributed by atoms with E-state index in [9.17, 15) is 35.2 Å². The number of aromatic nitrogens is 1. The highest BCUT2D eigenvalue weighted by Crippen LogP contribution is 2.49. The van der Waals surface area contributed by atoms with Gasteiger partial charge in [0.25, 0.3) is 0 Å². The highest BCUT2D eigenvalue weighted by atomic mass is 32.2. The number of pyridine rings is 1. The molecule has 1 radical (unpaired) electrons. The van der Waals surface area contributed by atoms with Crippen molar-refractivity contribution in [1.82, 2.24) is 10.7 Å². The number of carbonyl (C=O) groups excluding carboxylic acids is 1. The largest absolute Gasteiger partial charge is 0.433 e. The fourth-order valence-corrected chi connectivity index (χ4v) is 5.92. The Bertz CT molecular complexity index is 1060. The summed E-state index contributed by atoms with van der Waals surface area (Å²) in [7, 11) is -4.54. The third kappa shape index (κ3) is 3.78. The number of sulfone groups is 1. The topological polar surface area (TPSA) is 87.9 Å². The van der Waals surface area contributed by atoms with Gasteiger partial charge in [-0.15, -0.1) is 0 Å². The fraction of sp³-hybridized carbons (Fsp3) is 0.368. The van der Waals surface area contributed by atoms with E-state index < -0.39 is 60.4 Å². The third-order valence-electron chi connectivity index (χ3n) is 5.43. The molecule has 0 atom stereocenters. The van der Waals surface area contributed by atoms with E-state index >= 15 is 0 Å². The average molecular weight is 447 g/mol. The molecule has 1 saturated carbocycles. The van der Waals surface area contributed by atoms with Gasteiger partial charge < -0.3 is 0 Å². The lowest BCUT2D eigenvalue weighted by Crippen LogP contribution is -2.42. The first kappa shape index (κ1) is 22.1. The quantitative estimate of drug-likeness (QED) is 0.662. The summed E-state index contributed by atoms with van der Waals surface area (Å²) < 4.78 is 91.7. The van der Waals surface area contributed by atoms with Gasteiger partial charge in [0.05, 0.1) is 4.90 Å². The lowest BCUT2D eigenvalue weighted by Gasteiger charge is -2.39. The summed E-state index contributed by atoms with van der Waals surface area (Å²) in [4.78, 5) is 14.0. The Kier molecular flexibility index (Phi) is 5.61. The Morgan fingerprint density at radius 3 is 2.23 bits per heavy atom. The Hall–Kier alpha value is -2.56. The number of hydrogen-bond donors (Lipinski definition) is 0. The first-order valence-electron chi connectivity index (χ1n) is 8.87. The number of carbonyl (C=O) groups is 1. The van der Waals surface area contributed by atoms with Crippen molar-refractivity contribution in [2.75, 3.05) is 0 Å². The van der Waals surface area contributed by atoms with E-state index in [1.54, 1.807) is 0 Å². The number of nitrogens with one attached hydrogen (secondary N) is 1. The predicted molar refractivity (Wildman–Crippen MR) is 94.5 cm³/mol. The summed E-state index contributed by atoms with van der Waals surface area (Å²) in [6.45, 7) is 0. The molecule has 3 rings (SSSR count). The molecule has 1 N–H and O–H groups in total. The maximum atomic E-state index is 14.6. The van der Waals surface area contributed by atoms with E-state index in [1.165, 1.54) is 0 Å². The summed E-state index contributed by atoms with van der Waals surface area (Å²) >= 11 is 0. The minimum atomic E-state index is -4.78. The molecule has 1 amide bonds. The molecule has 0 bridgehead atoms. The molecule has 1 aromatic carbocycles. The van der Waals surface area contributed by atoms with E-state index in [2.05, 4.69) is 4.98 Å². The van der Waals surface area contributed by atoms with E-state index in [4.69, 9.17) is 5.73 Å². The number of benzene rings is 1. The van der Waals surface area contributed by atoms with Crippen LogP contribution in [0.1, 0.15) is 36.9 Å². The van der Waals surface area contributed by atoms with E-state index in [0.29, 0.717) is 12.3 Å². The Morgan fingerprint density at radius 1 is 1.10 bits per heavy atom. The predicted octanol–water partition coefficient (Wildman–Crippen LogP) is 4.05. The first-order valence-corrected chi connectivity index (χ1v) is 10.4. The van der Waals surface area contributed by atoms with Crippen LogP contribution in [0.15, 0.2) is 41.4 Å². The number of rotatable bonds is 4. The third-order valence-corrected chi connectivity index (χ3v) is 7.95. The van der Waals surface area contributed by atoms with Crippen molar-refractivity contribution in [3.8, 4) is 0 Å². The molecule has 5 nitrogen and oxygen atoms in total. The van der Waals surface area contributed by atoms with E-state index in [0.717, 1.165) is 24.3 Å². The number of alkyl halides is 3. The molecule has 1 heterocycles. The van der Waals surface area contributed by atoms with Crippen LogP contribution in [0.4, 0.5) is 22.0 Å². The normalized spacial score (nSPS) is 22.6. The fourth-order valence-electron chi connectivity index (χ4n) is 3.81. The average Bonchev–Trinajstić information content (AvgIpc) is 2.69. The van der Waals surface area contributed by atoms with Gasteiger partial charge in [0.1, 0.15) is 22.1 Å². The lowest BCUT2D eigenvalue weighted by molar-refractivity contribution is -0.141. The Balaban J connectivity index is 2.15. The molecule has 1 aliphatic carbocycles. The molecule has 11 heteroatoms. The van der Waals surface area contributed by atoms with Crippen LogP contribution >= 0.6 is 0 Å². The van der Waals surface area contributed by atoms with Crippen molar-refractivity contribution in [3.63, 3.8) is 0 Å². The van der Waals surface area contributed by atoms with Crippen molar-refractivity contribution < 1.29 is 35.2 Å². The summed E-state index contributed by atoms with van der Waals surface area (Å²) in [6.07, 6.45) is -4.96. The van der Waals surface area contributed by atoms with Crippen LogP contribution in [0.25, 0.3) is 0 Å².